The van der Waals surface area contributed by atoms with Crippen LogP contribution < -0.4 is 0 Å². The van der Waals surface area contributed by atoms with Crippen molar-refractivity contribution in [3.05, 3.63) is 40.9 Å². The summed E-state index contributed by atoms with van der Waals surface area (Å²) >= 11 is 6.30. The number of rotatable bonds is 5. The van der Waals surface area contributed by atoms with Crippen molar-refractivity contribution in [2.45, 2.75) is 32.1 Å². The number of halogens is 1. The molecule has 1 fully saturated rings. The average Bonchev–Trinajstić information content (AvgIpc) is 2.64. The first-order chi connectivity index (χ1) is 11.7. The van der Waals surface area contributed by atoms with Gasteiger partial charge in [-0.3, -0.25) is 4.90 Å². The van der Waals surface area contributed by atoms with Crippen LogP contribution in [0.4, 0.5) is 0 Å². The Balaban J connectivity index is 1.49. The summed E-state index contributed by atoms with van der Waals surface area (Å²) in [6.45, 7) is 4.59. The van der Waals surface area contributed by atoms with E-state index in [9.17, 15) is 5.26 Å². The van der Waals surface area contributed by atoms with Gasteiger partial charge in [0.05, 0.1) is 11.5 Å². The molecular weight excluding hydrogens is 320 g/mol. The molecule has 0 aliphatic carbocycles. The quantitative estimate of drug-likeness (QED) is 0.787. The molecule has 4 heteroatoms. The van der Waals surface area contributed by atoms with Crippen LogP contribution in [0.3, 0.4) is 0 Å². The molecule has 0 atom stereocenters. The van der Waals surface area contributed by atoms with Crippen LogP contribution >= 0.6 is 11.6 Å². The SMILES string of the molecule is N#CC1(CCCN2CC=C(c3ccccc3Cl)CC2)CCOCC1. The van der Waals surface area contributed by atoms with E-state index in [0.717, 1.165) is 70.0 Å². The zero-order valence-electron chi connectivity index (χ0n) is 14.1. The highest BCUT2D eigenvalue weighted by Gasteiger charge is 2.32. The Morgan fingerprint density at radius 1 is 1.25 bits per heavy atom. The Labute approximate surface area is 149 Å². The summed E-state index contributed by atoms with van der Waals surface area (Å²) in [6, 6.07) is 10.6. The van der Waals surface area contributed by atoms with Crippen molar-refractivity contribution < 1.29 is 4.74 Å². The van der Waals surface area contributed by atoms with Crippen molar-refractivity contribution in [3.63, 3.8) is 0 Å². The molecule has 2 aliphatic rings. The van der Waals surface area contributed by atoms with E-state index < -0.39 is 0 Å². The molecule has 24 heavy (non-hydrogen) atoms. The molecule has 0 radical (unpaired) electrons. The predicted molar refractivity (Wildman–Crippen MR) is 97.8 cm³/mol. The van der Waals surface area contributed by atoms with E-state index in [4.69, 9.17) is 16.3 Å². The summed E-state index contributed by atoms with van der Waals surface area (Å²) in [4.78, 5) is 2.48. The summed E-state index contributed by atoms with van der Waals surface area (Å²) in [5.74, 6) is 0. The molecule has 1 saturated heterocycles. The fourth-order valence-electron chi connectivity index (χ4n) is 3.70. The van der Waals surface area contributed by atoms with Gasteiger partial charge in [-0.2, -0.15) is 5.26 Å². The molecule has 0 amide bonds. The standard InChI is InChI=1S/C20H25ClN2O/c21-19-5-2-1-4-18(19)17-6-12-23(13-7-17)11-3-8-20(16-22)9-14-24-15-10-20/h1-2,4-6H,3,7-15H2. The van der Waals surface area contributed by atoms with E-state index in [1.54, 1.807) is 0 Å². The second-order valence-electron chi connectivity index (χ2n) is 6.87. The van der Waals surface area contributed by atoms with E-state index >= 15 is 0 Å². The largest absolute Gasteiger partial charge is 0.381 e. The first-order valence-electron chi connectivity index (χ1n) is 8.88. The highest BCUT2D eigenvalue weighted by Crippen LogP contribution is 2.35. The maximum atomic E-state index is 9.52. The van der Waals surface area contributed by atoms with Crippen LogP contribution in [-0.4, -0.2) is 37.7 Å². The second kappa shape index (κ2) is 8.16. The van der Waals surface area contributed by atoms with Gasteiger partial charge in [0.15, 0.2) is 0 Å². The van der Waals surface area contributed by atoms with Gasteiger partial charge in [-0.15, -0.1) is 0 Å². The molecule has 0 aromatic heterocycles. The van der Waals surface area contributed by atoms with Crippen LogP contribution in [0.1, 0.15) is 37.7 Å². The summed E-state index contributed by atoms with van der Waals surface area (Å²) in [5.41, 5.74) is 2.38. The number of benzene rings is 1. The zero-order chi connectivity index (χ0) is 16.8. The first-order valence-corrected chi connectivity index (χ1v) is 9.26. The number of hydrogen-bond acceptors (Lipinski definition) is 3. The van der Waals surface area contributed by atoms with Gasteiger partial charge in [-0.1, -0.05) is 35.9 Å². The van der Waals surface area contributed by atoms with E-state index in [1.165, 1.54) is 11.1 Å². The third-order valence-corrected chi connectivity index (χ3v) is 5.66. The van der Waals surface area contributed by atoms with Crippen molar-refractivity contribution in [2.24, 2.45) is 5.41 Å². The van der Waals surface area contributed by atoms with Crippen LogP contribution in [0, 0.1) is 16.7 Å². The first kappa shape index (κ1) is 17.5. The Morgan fingerprint density at radius 2 is 2.04 bits per heavy atom. The minimum atomic E-state index is -0.146. The summed E-state index contributed by atoms with van der Waals surface area (Å²) in [5, 5.41) is 10.4. The minimum absolute atomic E-state index is 0.146. The fraction of sp³-hybridized carbons (Fsp3) is 0.550. The molecule has 3 rings (SSSR count). The normalized spacial score (nSPS) is 21.1. The smallest absolute Gasteiger partial charge is 0.0691 e. The highest BCUT2D eigenvalue weighted by atomic mass is 35.5. The van der Waals surface area contributed by atoms with Crippen molar-refractivity contribution >= 4 is 17.2 Å². The van der Waals surface area contributed by atoms with Crippen LogP contribution in [0.5, 0.6) is 0 Å². The fourth-order valence-corrected chi connectivity index (χ4v) is 3.96. The predicted octanol–water partition coefficient (Wildman–Crippen LogP) is 4.53. The molecule has 0 unspecified atom stereocenters. The molecule has 0 N–H and O–H groups in total. The third kappa shape index (κ3) is 4.19. The van der Waals surface area contributed by atoms with Crippen LogP contribution in [0.25, 0.3) is 5.57 Å². The number of ether oxygens (including phenoxy) is 1. The van der Waals surface area contributed by atoms with Gasteiger partial charge in [0, 0.05) is 31.3 Å². The molecule has 0 bridgehead atoms. The van der Waals surface area contributed by atoms with Gasteiger partial charge in [0.2, 0.25) is 0 Å². The Kier molecular flexibility index (Phi) is 5.94. The number of nitrogens with zero attached hydrogens (tertiary/aromatic N) is 2. The lowest BCUT2D eigenvalue weighted by molar-refractivity contribution is 0.0350. The maximum absolute atomic E-state index is 9.52. The molecule has 2 aliphatic heterocycles. The summed E-state index contributed by atoms with van der Waals surface area (Å²) in [7, 11) is 0. The molecule has 2 heterocycles. The van der Waals surface area contributed by atoms with Gasteiger partial charge in [0.1, 0.15) is 0 Å². The lowest BCUT2D eigenvalue weighted by Gasteiger charge is -2.32. The van der Waals surface area contributed by atoms with Gasteiger partial charge in [0.25, 0.3) is 0 Å². The van der Waals surface area contributed by atoms with E-state index in [2.05, 4.69) is 23.1 Å². The monoisotopic (exact) mass is 344 g/mol. The topological polar surface area (TPSA) is 36.3 Å². The third-order valence-electron chi connectivity index (χ3n) is 5.33. The highest BCUT2D eigenvalue weighted by molar-refractivity contribution is 6.32. The summed E-state index contributed by atoms with van der Waals surface area (Å²) in [6.07, 6.45) is 7.20. The molecule has 128 valence electrons. The molecule has 0 spiro atoms. The maximum Gasteiger partial charge on any atom is 0.0691 e. The van der Waals surface area contributed by atoms with Gasteiger partial charge in [-0.25, -0.2) is 0 Å². The molecule has 1 aromatic rings. The lowest BCUT2D eigenvalue weighted by Crippen LogP contribution is -2.32. The number of nitriles is 1. The number of hydrogen-bond donors (Lipinski definition) is 0. The summed E-state index contributed by atoms with van der Waals surface area (Å²) < 4.78 is 5.41. The zero-order valence-corrected chi connectivity index (χ0v) is 14.9. The van der Waals surface area contributed by atoms with E-state index in [1.807, 2.05) is 18.2 Å². The molecule has 3 nitrogen and oxygen atoms in total. The Hall–Kier alpha value is -1.34. The van der Waals surface area contributed by atoms with Crippen molar-refractivity contribution in [1.29, 1.82) is 5.26 Å². The molecular formula is C20H25ClN2O. The van der Waals surface area contributed by atoms with E-state index in [0.29, 0.717) is 0 Å². The van der Waals surface area contributed by atoms with E-state index in [-0.39, 0.29) is 5.41 Å². The molecule has 1 aromatic carbocycles. The van der Waals surface area contributed by atoms with Gasteiger partial charge >= 0.3 is 0 Å². The Morgan fingerprint density at radius 3 is 2.71 bits per heavy atom. The lowest BCUT2D eigenvalue weighted by atomic mass is 9.78. The minimum Gasteiger partial charge on any atom is -0.381 e. The van der Waals surface area contributed by atoms with Gasteiger partial charge in [-0.05, 0) is 55.9 Å². The average molecular weight is 345 g/mol. The van der Waals surface area contributed by atoms with Crippen LogP contribution in [0.2, 0.25) is 5.02 Å². The Bertz CT molecular complexity index is 629. The van der Waals surface area contributed by atoms with Gasteiger partial charge < -0.3 is 4.74 Å². The van der Waals surface area contributed by atoms with Crippen molar-refractivity contribution in [1.82, 2.24) is 4.90 Å². The van der Waals surface area contributed by atoms with Crippen molar-refractivity contribution in [2.75, 3.05) is 32.8 Å². The second-order valence-corrected chi connectivity index (χ2v) is 7.28. The molecule has 0 saturated carbocycles. The van der Waals surface area contributed by atoms with Crippen molar-refractivity contribution in [3.8, 4) is 6.07 Å². The van der Waals surface area contributed by atoms with Crippen LogP contribution in [-0.2, 0) is 4.74 Å². The van der Waals surface area contributed by atoms with Crippen LogP contribution in [0.15, 0.2) is 30.3 Å².